The zero-order valence-corrected chi connectivity index (χ0v) is 9.32. The minimum absolute atomic E-state index is 0.0136. The van der Waals surface area contributed by atoms with Gasteiger partial charge in [-0.05, 0) is 32.9 Å². The van der Waals surface area contributed by atoms with Crippen molar-refractivity contribution in [2.24, 2.45) is 0 Å². The monoisotopic (exact) mass is 211 g/mol. The molecule has 0 amide bonds. The summed E-state index contributed by atoms with van der Waals surface area (Å²) in [5.41, 5.74) is 0. The summed E-state index contributed by atoms with van der Waals surface area (Å²) < 4.78 is 10.2. The van der Waals surface area contributed by atoms with Gasteiger partial charge >= 0.3 is 5.97 Å². The molecule has 0 fully saturated rings. The predicted octanol–water partition coefficient (Wildman–Crippen LogP) is 1.88. The maximum absolute atomic E-state index is 11.2. The normalized spacial score (nSPS) is 12.8. The molecule has 4 nitrogen and oxygen atoms in total. The summed E-state index contributed by atoms with van der Waals surface area (Å²) >= 11 is 0. The lowest BCUT2D eigenvalue weighted by Crippen LogP contribution is -2.28. The number of hydrogen-bond donors (Lipinski definition) is 1. The molecule has 1 aromatic rings. The number of carbonyl (C=O) groups is 1. The second-order valence-corrected chi connectivity index (χ2v) is 3.66. The van der Waals surface area contributed by atoms with Gasteiger partial charge in [-0.15, -0.1) is 0 Å². The third-order valence-corrected chi connectivity index (χ3v) is 1.89. The summed E-state index contributed by atoms with van der Waals surface area (Å²) in [6.07, 6.45) is 1.54. The van der Waals surface area contributed by atoms with Crippen molar-refractivity contribution in [2.45, 2.75) is 32.9 Å². The Kier molecular flexibility index (Phi) is 4.37. The lowest BCUT2D eigenvalue weighted by atomic mass is 10.2. The van der Waals surface area contributed by atoms with Crippen LogP contribution in [0, 0.1) is 0 Å². The Labute approximate surface area is 89.6 Å². The molecule has 15 heavy (non-hydrogen) atoms. The lowest BCUT2D eigenvalue weighted by Gasteiger charge is -2.12. The van der Waals surface area contributed by atoms with Crippen LogP contribution in [0.25, 0.3) is 0 Å². The Hall–Kier alpha value is -1.29. The molecule has 0 aliphatic rings. The van der Waals surface area contributed by atoms with Crippen molar-refractivity contribution in [2.75, 3.05) is 6.54 Å². The van der Waals surface area contributed by atoms with Crippen LogP contribution < -0.4 is 5.32 Å². The number of nitrogens with one attached hydrogen (secondary N) is 1. The van der Waals surface area contributed by atoms with Gasteiger partial charge in [0.05, 0.1) is 25.0 Å². The van der Waals surface area contributed by atoms with Gasteiger partial charge in [0, 0.05) is 0 Å². The molecule has 0 saturated carbocycles. The van der Waals surface area contributed by atoms with Crippen molar-refractivity contribution in [1.29, 1.82) is 0 Å². The second kappa shape index (κ2) is 5.56. The number of hydrogen-bond acceptors (Lipinski definition) is 4. The van der Waals surface area contributed by atoms with E-state index in [0.29, 0.717) is 0 Å². The predicted molar refractivity (Wildman–Crippen MR) is 56.4 cm³/mol. The topological polar surface area (TPSA) is 51.5 Å². The van der Waals surface area contributed by atoms with Crippen molar-refractivity contribution < 1.29 is 13.9 Å². The Bertz CT molecular complexity index is 293. The highest BCUT2D eigenvalue weighted by atomic mass is 16.5. The van der Waals surface area contributed by atoms with E-state index in [1.807, 2.05) is 32.9 Å². The van der Waals surface area contributed by atoms with E-state index in [1.165, 1.54) is 0 Å². The van der Waals surface area contributed by atoms with Gasteiger partial charge in [0.25, 0.3) is 0 Å². The highest BCUT2D eigenvalue weighted by molar-refractivity contribution is 5.71. The fraction of sp³-hybridized carbons (Fsp3) is 0.545. The highest BCUT2D eigenvalue weighted by Gasteiger charge is 2.10. The quantitative estimate of drug-likeness (QED) is 0.755. The molecule has 0 radical (unpaired) electrons. The Morgan fingerprint density at radius 1 is 1.53 bits per heavy atom. The molecule has 1 heterocycles. The van der Waals surface area contributed by atoms with Crippen LogP contribution in [0.5, 0.6) is 0 Å². The molecule has 0 aromatic carbocycles. The number of carbonyl (C=O) groups excluding carboxylic acids is 1. The number of rotatable bonds is 5. The summed E-state index contributed by atoms with van der Waals surface area (Å²) in [7, 11) is 0. The molecule has 1 aromatic heterocycles. The van der Waals surface area contributed by atoms with Gasteiger partial charge in [-0.25, -0.2) is 0 Å². The first-order valence-electron chi connectivity index (χ1n) is 5.06. The van der Waals surface area contributed by atoms with Crippen molar-refractivity contribution in [3.63, 3.8) is 0 Å². The van der Waals surface area contributed by atoms with Gasteiger partial charge in [-0.3, -0.25) is 10.1 Å². The van der Waals surface area contributed by atoms with E-state index >= 15 is 0 Å². The van der Waals surface area contributed by atoms with Crippen LogP contribution in [-0.2, 0) is 9.53 Å². The standard InChI is InChI=1S/C11H17NO3/c1-8(2)15-11(13)7-12-9(3)10-5-4-6-14-10/h4-6,8-9,12H,7H2,1-3H3. The van der Waals surface area contributed by atoms with Crippen LogP contribution >= 0.6 is 0 Å². The first-order valence-corrected chi connectivity index (χ1v) is 5.06. The minimum Gasteiger partial charge on any atom is -0.468 e. The van der Waals surface area contributed by atoms with Crippen LogP contribution in [0.1, 0.15) is 32.6 Å². The van der Waals surface area contributed by atoms with Gasteiger partial charge in [0.1, 0.15) is 5.76 Å². The SMILES string of the molecule is CC(C)OC(=O)CNC(C)c1ccco1. The fourth-order valence-electron chi connectivity index (χ4n) is 1.18. The molecule has 0 aliphatic carbocycles. The molecular formula is C11H17NO3. The zero-order valence-electron chi connectivity index (χ0n) is 9.32. The molecule has 0 aliphatic heterocycles. The molecule has 0 saturated heterocycles. The summed E-state index contributed by atoms with van der Waals surface area (Å²) in [6, 6.07) is 3.70. The summed E-state index contributed by atoms with van der Waals surface area (Å²) in [6.45, 7) is 5.78. The molecule has 1 atom stereocenters. The van der Waals surface area contributed by atoms with Crippen molar-refractivity contribution in [1.82, 2.24) is 5.32 Å². The summed E-state index contributed by atoms with van der Waals surface area (Å²) in [5, 5.41) is 3.02. The smallest absolute Gasteiger partial charge is 0.320 e. The Morgan fingerprint density at radius 2 is 2.27 bits per heavy atom. The summed E-state index contributed by atoms with van der Waals surface area (Å²) in [5.74, 6) is 0.566. The first kappa shape index (κ1) is 11.8. The lowest BCUT2D eigenvalue weighted by molar-refractivity contribution is -0.146. The average Bonchev–Trinajstić information content (AvgIpc) is 2.65. The molecule has 1 unspecified atom stereocenters. The van der Waals surface area contributed by atoms with Crippen molar-refractivity contribution in [3.8, 4) is 0 Å². The van der Waals surface area contributed by atoms with E-state index in [9.17, 15) is 4.79 Å². The largest absolute Gasteiger partial charge is 0.468 e. The van der Waals surface area contributed by atoms with E-state index in [-0.39, 0.29) is 24.7 Å². The highest BCUT2D eigenvalue weighted by Crippen LogP contribution is 2.11. The van der Waals surface area contributed by atoms with Gasteiger partial charge in [-0.1, -0.05) is 0 Å². The average molecular weight is 211 g/mol. The summed E-state index contributed by atoms with van der Waals surface area (Å²) in [4.78, 5) is 11.2. The maximum Gasteiger partial charge on any atom is 0.320 e. The molecule has 84 valence electrons. The molecular weight excluding hydrogens is 194 g/mol. The van der Waals surface area contributed by atoms with E-state index in [2.05, 4.69) is 5.32 Å². The van der Waals surface area contributed by atoms with Crippen LogP contribution in [0.3, 0.4) is 0 Å². The Morgan fingerprint density at radius 3 is 2.80 bits per heavy atom. The van der Waals surface area contributed by atoms with Crippen LogP contribution in [0.2, 0.25) is 0 Å². The van der Waals surface area contributed by atoms with Crippen molar-refractivity contribution in [3.05, 3.63) is 24.2 Å². The van der Waals surface area contributed by atoms with Gasteiger partial charge in [-0.2, -0.15) is 0 Å². The van der Waals surface area contributed by atoms with Crippen LogP contribution in [0.4, 0.5) is 0 Å². The molecule has 1 N–H and O–H groups in total. The molecule has 0 spiro atoms. The van der Waals surface area contributed by atoms with E-state index < -0.39 is 0 Å². The third kappa shape index (κ3) is 4.16. The van der Waals surface area contributed by atoms with Gasteiger partial charge in [0.15, 0.2) is 0 Å². The first-order chi connectivity index (χ1) is 7.09. The van der Waals surface area contributed by atoms with E-state index in [4.69, 9.17) is 9.15 Å². The minimum atomic E-state index is -0.247. The van der Waals surface area contributed by atoms with Crippen LogP contribution in [0.15, 0.2) is 22.8 Å². The van der Waals surface area contributed by atoms with Gasteiger partial charge in [0.2, 0.25) is 0 Å². The molecule has 0 bridgehead atoms. The van der Waals surface area contributed by atoms with E-state index in [0.717, 1.165) is 5.76 Å². The third-order valence-electron chi connectivity index (χ3n) is 1.89. The number of ether oxygens (including phenoxy) is 1. The van der Waals surface area contributed by atoms with E-state index in [1.54, 1.807) is 6.26 Å². The fourth-order valence-corrected chi connectivity index (χ4v) is 1.18. The van der Waals surface area contributed by atoms with Crippen LogP contribution in [-0.4, -0.2) is 18.6 Å². The number of furan rings is 1. The zero-order chi connectivity index (χ0) is 11.3. The Balaban J connectivity index is 2.28. The van der Waals surface area contributed by atoms with Gasteiger partial charge < -0.3 is 9.15 Å². The molecule has 1 rings (SSSR count). The second-order valence-electron chi connectivity index (χ2n) is 3.66. The molecule has 4 heteroatoms. The van der Waals surface area contributed by atoms with Crippen molar-refractivity contribution >= 4 is 5.97 Å². The number of esters is 1. The maximum atomic E-state index is 11.2.